The van der Waals surface area contributed by atoms with Crippen LogP contribution in [0, 0.1) is 11.3 Å². The number of nitrogens with zero attached hydrogens (tertiary/aromatic N) is 2. The predicted octanol–water partition coefficient (Wildman–Crippen LogP) is 1.15. The number of Topliss-reactive ketones (excluding diaryl/α,β-unsaturated/α-hetero) is 1. The Morgan fingerprint density at radius 1 is 1.56 bits per heavy atom. The van der Waals surface area contributed by atoms with Gasteiger partial charge in [0.15, 0.2) is 11.6 Å². The standard InChI is InChI=1S/C11H8FN3O/c12-11-7(5-13)1-2-9(16)10(11)8-3-4-14-6-15-8/h1,3-4,14H,2,6H2. The van der Waals surface area contributed by atoms with Crippen LogP contribution in [0.2, 0.25) is 0 Å². The number of aliphatic imine (C=N–C) groups is 1. The summed E-state index contributed by atoms with van der Waals surface area (Å²) in [4.78, 5) is 15.6. The fourth-order valence-corrected chi connectivity index (χ4v) is 1.53. The molecule has 16 heavy (non-hydrogen) atoms. The summed E-state index contributed by atoms with van der Waals surface area (Å²) >= 11 is 0. The van der Waals surface area contributed by atoms with Gasteiger partial charge in [-0.1, -0.05) is 6.08 Å². The van der Waals surface area contributed by atoms with Crippen molar-refractivity contribution in [2.75, 3.05) is 6.67 Å². The Morgan fingerprint density at radius 2 is 2.38 bits per heavy atom. The van der Waals surface area contributed by atoms with Crippen LogP contribution in [0.1, 0.15) is 6.42 Å². The number of halogens is 1. The highest BCUT2D eigenvalue weighted by molar-refractivity contribution is 6.28. The van der Waals surface area contributed by atoms with Gasteiger partial charge < -0.3 is 5.32 Å². The number of ketones is 1. The molecule has 5 heteroatoms. The van der Waals surface area contributed by atoms with Gasteiger partial charge in [0.05, 0.1) is 16.9 Å². The van der Waals surface area contributed by atoms with Crippen LogP contribution >= 0.6 is 0 Å². The van der Waals surface area contributed by atoms with E-state index in [0.717, 1.165) is 0 Å². The minimum Gasteiger partial charge on any atom is -0.372 e. The first kappa shape index (κ1) is 10.3. The quantitative estimate of drug-likeness (QED) is 0.716. The average molecular weight is 217 g/mol. The van der Waals surface area contributed by atoms with Crippen molar-refractivity contribution in [3.8, 4) is 6.07 Å². The molecule has 0 aromatic carbocycles. The number of nitrogens with one attached hydrogen (secondary N) is 1. The number of rotatable bonds is 1. The third-order valence-corrected chi connectivity index (χ3v) is 2.30. The van der Waals surface area contributed by atoms with Gasteiger partial charge in [-0.3, -0.25) is 9.79 Å². The number of hydrogen-bond acceptors (Lipinski definition) is 4. The van der Waals surface area contributed by atoms with Crippen LogP contribution in [0.3, 0.4) is 0 Å². The normalized spacial score (nSPS) is 19.9. The SMILES string of the molecule is N#CC1=CCC(=O)C(C2=NCNC=C2)=C1F. The second-order valence-electron chi connectivity index (χ2n) is 3.28. The molecule has 0 amide bonds. The van der Waals surface area contributed by atoms with Crippen molar-refractivity contribution in [1.29, 1.82) is 5.26 Å². The van der Waals surface area contributed by atoms with Gasteiger partial charge in [-0.15, -0.1) is 0 Å². The zero-order valence-corrected chi connectivity index (χ0v) is 8.33. The van der Waals surface area contributed by atoms with Crippen molar-refractivity contribution >= 4 is 11.5 Å². The molecule has 80 valence electrons. The molecule has 0 fully saturated rings. The third kappa shape index (κ3) is 1.65. The molecule has 0 radical (unpaired) electrons. The van der Waals surface area contributed by atoms with E-state index in [-0.39, 0.29) is 23.4 Å². The Hall–Kier alpha value is -2.22. The van der Waals surface area contributed by atoms with Crippen LogP contribution in [-0.4, -0.2) is 18.2 Å². The van der Waals surface area contributed by atoms with Crippen LogP contribution < -0.4 is 5.32 Å². The maximum atomic E-state index is 13.8. The van der Waals surface area contributed by atoms with E-state index >= 15 is 0 Å². The van der Waals surface area contributed by atoms with Gasteiger partial charge in [-0.2, -0.15) is 5.26 Å². The van der Waals surface area contributed by atoms with Crippen LogP contribution in [0.25, 0.3) is 0 Å². The van der Waals surface area contributed by atoms with Crippen LogP contribution in [0.15, 0.2) is 40.3 Å². The lowest BCUT2D eigenvalue weighted by Crippen LogP contribution is -2.21. The van der Waals surface area contributed by atoms with Gasteiger partial charge in [-0.05, 0) is 6.08 Å². The zero-order valence-electron chi connectivity index (χ0n) is 8.33. The molecule has 0 aromatic rings. The Morgan fingerprint density at radius 3 is 3.00 bits per heavy atom. The van der Waals surface area contributed by atoms with Crippen molar-refractivity contribution in [3.05, 3.63) is 35.3 Å². The summed E-state index contributed by atoms with van der Waals surface area (Å²) in [5, 5.41) is 11.5. The lowest BCUT2D eigenvalue weighted by atomic mass is 9.93. The Labute approximate surface area is 91.5 Å². The predicted molar refractivity (Wildman–Crippen MR) is 56.0 cm³/mol. The molecule has 0 atom stereocenters. The minimum atomic E-state index is -0.774. The average Bonchev–Trinajstić information content (AvgIpc) is 2.31. The van der Waals surface area contributed by atoms with E-state index in [2.05, 4.69) is 10.3 Å². The van der Waals surface area contributed by atoms with E-state index in [1.165, 1.54) is 12.2 Å². The second-order valence-corrected chi connectivity index (χ2v) is 3.28. The number of carbonyl (C=O) groups excluding carboxylic acids is 1. The summed E-state index contributed by atoms with van der Waals surface area (Å²) in [5.41, 5.74) is 0.114. The Kier molecular flexibility index (Phi) is 2.64. The molecule has 1 heterocycles. The summed E-state index contributed by atoms with van der Waals surface area (Å²) < 4.78 is 13.8. The number of carbonyl (C=O) groups is 1. The van der Waals surface area contributed by atoms with Gasteiger partial charge in [0.25, 0.3) is 0 Å². The van der Waals surface area contributed by atoms with Gasteiger partial charge in [-0.25, -0.2) is 4.39 Å². The maximum absolute atomic E-state index is 13.8. The fraction of sp³-hybridized carbons (Fsp3) is 0.182. The molecular formula is C11H8FN3O. The van der Waals surface area contributed by atoms with Crippen LogP contribution in [0.5, 0.6) is 0 Å². The minimum absolute atomic E-state index is 0.0476. The third-order valence-electron chi connectivity index (χ3n) is 2.30. The summed E-state index contributed by atoms with van der Waals surface area (Å²) in [5.74, 6) is -1.12. The molecule has 2 aliphatic rings. The fourth-order valence-electron chi connectivity index (χ4n) is 1.53. The summed E-state index contributed by atoms with van der Waals surface area (Å²) in [6, 6.07) is 1.72. The lowest BCUT2D eigenvalue weighted by Gasteiger charge is -2.14. The highest BCUT2D eigenvalue weighted by Crippen LogP contribution is 2.25. The van der Waals surface area contributed by atoms with Crippen LogP contribution in [0.4, 0.5) is 4.39 Å². The van der Waals surface area contributed by atoms with Crippen molar-refractivity contribution in [2.45, 2.75) is 6.42 Å². The molecule has 2 rings (SSSR count). The van der Waals surface area contributed by atoms with Gasteiger partial charge in [0.1, 0.15) is 12.7 Å². The maximum Gasteiger partial charge on any atom is 0.171 e. The molecule has 0 saturated heterocycles. The van der Waals surface area contributed by atoms with Crippen molar-refractivity contribution in [1.82, 2.24) is 5.32 Å². The molecule has 1 aliphatic carbocycles. The monoisotopic (exact) mass is 217 g/mol. The molecule has 1 aliphatic heterocycles. The van der Waals surface area contributed by atoms with E-state index in [9.17, 15) is 9.18 Å². The van der Waals surface area contributed by atoms with Gasteiger partial charge >= 0.3 is 0 Å². The largest absolute Gasteiger partial charge is 0.372 e. The first-order valence-electron chi connectivity index (χ1n) is 4.72. The number of nitriles is 1. The van der Waals surface area contributed by atoms with E-state index < -0.39 is 5.83 Å². The molecule has 0 unspecified atom stereocenters. The smallest absolute Gasteiger partial charge is 0.171 e. The van der Waals surface area contributed by atoms with E-state index in [1.54, 1.807) is 12.3 Å². The Balaban J connectivity index is 2.48. The van der Waals surface area contributed by atoms with E-state index in [4.69, 9.17) is 5.26 Å². The molecule has 0 saturated carbocycles. The highest BCUT2D eigenvalue weighted by Gasteiger charge is 2.26. The number of hydrogen-bond donors (Lipinski definition) is 1. The first-order chi connectivity index (χ1) is 7.74. The molecule has 0 aromatic heterocycles. The van der Waals surface area contributed by atoms with Crippen LogP contribution in [-0.2, 0) is 4.79 Å². The topological polar surface area (TPSA) is 65.2 Å². The zero-order chi connectivity index (χ0) is 11.5. The summed E-state index contributed by atoms with van der Waals surface area (Å²) in [6.07, 6.45) is 4.47. The van der Waals surface area contributed by atoms with Crippen molar-refractivity contribution in [3.63, 3.8) is 0 Å². The Bertz CT molecular complexity index is 506. The summed E-state index contributed by atoms with van der Waals surface area (Å²) in [7, 11) is 0. The van der Waals surface area contributed by atoms with E-state index in [1.807, 2.05) is 0 Å². The molecule has 4 nitrogen and oxygen atoms in total. The van der Waals surface area contributed by atoms with Gasteiger partial charge in [0, 0.05) is 12.6 Å². The molecule has 0 spiro atoms. The van der Waals surface area contributed by atoms with Crippen molar-refractivity contribution in [2.24, 2.45) is 4.99 Å². The van der Waals surface area contributed by atoms with E-state index in [0.29, 0.717) is 12.4 Å². The number of allylic oxidation sites excluding steroid dienone is 5. The highest BCUT2D eigenvalue weighted by atomic mass is 19.1. The second kappa shape index (κ2) is 4.11. The van der Waals surface area contributed by atoms with Crippen molar-refractivity contribution < 1.29 is 9.18 Å². The molecular weight excluding hydrogens is 209 g/mol. The lowest BCUT2D eigenvalue weighted by molar-refractivity contribution is -0.114. The molecule has 0 bridgehead atoms. The first-order valence-corrected chi connectivity index (χ1v) is 4.72. The summed E-state index contributed by atoms with van der Waals surface area (Å²) in [6.45, 7) is 0.307. The molecule has 1 N–H and O–H groups in total. The van der Waals surface area contributed by atoms with Gasteiger partial charge in [0.2, 0.25) is 0 Å².